The maximum Gasteiger partial charge on any atom is 0.413 e. The maximum atomic E-state index is 12.9. The van der Waals surface area contributed by atoms with Gasteiger partial charge < -0.3 is 18.9 Å². The smallest absolute Gasteiger partial charge is 0.413 e. The van der Waals surface area contributed by atoms with Gasteiger partial charge in [-0.3, -0.25) is 4.90 Å². The third kappa shape index (κ3) is 7.12. The number of nitrogens with zero attached hydrogens (tertiary/aromatic N) is 3. The second-order valence-corrected chi connectivity index (χ2v) is 13.3. The molecule has 40 heavy (non-hydrogen) atoms. The van der Waals surface area contributed by atoms with Crippen LogP contribution in [0.15, 0.2) is 30.3 Å². The fraction of sp³-hybridized carbons (Fsp3) is 0.464. The molecule has 1 fully saturated rings. The fourth-order valence-corrected chi connectivity index (χ4v) is 5.78. The first-order valence-electron chi connectivity index (χ1n) is 12.7. The number of benzene rings is 2. The largest absolute Gasteiger partial charge is 0.489 e. The molecule has 0 saturated carbocycles. The van der Waals surface area contributed by atoms with E-state index < -0.39 is 23.5 Å². The normalized spacial score (nSPS) is 16.9. The van der Waals surface area contributed by atoms with Crippen LogP contribution < -0.4 is 9.47 Å². The number of aromatic nitrogens is 2. The van der Waals surface area contributed by atoms with Gasteiger partial charge in [-0.25, -0.2) is 4.79 Å². The van der Waals surface area contributed by atoms with Crippen molar-refractivity contribution in [2.24, 2.45) is 0 Å². The predicted octanol–water partition coefficient (Wildman–Crippen LogP) is 8.37. The van der Waals surface area contributed by atoms with Crippen molar-refractivity contribution >= 4 is 52.2 Å². The highest BCUT2D eigenvalue weighted by Crippen LogP contribution is 2.41. The molecule has 1 unspecified atom stereocenters. The Morgan fingerprint density at radius 1 is 1.07 bits per heavy atom. The lowest BCUT2D eigenvalue weighted by molar-refractivity contribution is -0.0637. The molecule has 1 atom stereocenters. The summed E-state index contributed by atoms with van der Waals surface area (Å²) in [7, 11) is 0. The van der Waals surface area contributed by atoms with Gasteiger partial charge in [0.2, 0.25) is 0 Å². The third-order valence-electron chi connectivity index (χ3n) is 5.80. The van der Waals surface area contributed by atoms with E-state index in [9.17, 15) is 4.79 Å². The molecule has 0 spiro atoms. The summed E-state index contributed by atoms with van der Waals surface area (Å²) in [6.45, 7) is 13.3. The number of rotatable bonds is 7. The van der Waals surface area contributed by atoms with E-state index in [0.29, 0.717) is 42.1 Å². The Labute approximate surface area is 253 Å². The van der Waals surface area contributed by atoms with E-state index in [4.69, 9.17) is 53.8 Å². The van der Waals surface area contributed by atoms with E-state index in [1.54, 1.807) is 23.1 Å². The van der Waals surface area contributed by atoms with Crippen LogP contribution in [-0.4, -0.2) is 57.9 Å². The van der Waals surface area contributed by atoms with Crippen LogP contribution in [0.3, 0.4) is 0 Å². The Bertz CT molecular complexity index is 1370. The minimum absolute atomic E-state index is 0.0141. The molecular weight excluding hydrogens is 597 g/mol. The molecule has 1 aromatic heterocycles. The Hall–Kier alpha value is -2.30. The zero-order chi connectivity index (χ0) is 29.4. The van der Waals surface area contributed by atoms with Gasteiger partial charge in [0, 0.05) is 11.1 Å². The summed E-state index contributed by atoms with van der Waals surface area (Å²) in [5.74, 6) is 0.916. The fourth-order valence-electron chi connectivity index (χ4n) is 4.13. The SMILES string of the molecule is CC(C)Oc1ccc(-c2nnc(-c3cc(Cl)c(OCC4COC(C)(C)N4C(=O)OC(C)(C)C)c(Cl)c3)s2)cc1Cl. The maximum absolute atomic E-state index is 12.9. The molecule has 1 amide bonds. The minimum Gasteiger partial charge on any atom is -0.489 e. The summed E-state index contributed by atoms with van der Waals surface area (Å²) in [4.78, 5) is 14.5. The van der Waals surface area contributed by atoms with Crippen molar-refractivity contribution in [2.75, 3.05) is 13.2 Å². The van der Waals surface area contributed by atoms with Crippen molar-refractivity contribution in [1.29, 1.82) is 0 Å². The Balaban J connectivity index is 1.49. The molecule has 0 N–H and O–H groups in total. The molecule has 0 aliphatic carbocycles. The number of halogens is 3. The zero-order valence-corrected chi connectivity index (χ0v) is 26.5. The van der Waals surface area contributed by atoms with Gasteiger partial charge in [-0.15, -0.1) is 10.2 Å². The quantitative estimate of drug-likeness (QED) is 0.260. The van der Waals surface area contributed by atoms with Crippen molar-refractivity contribution in [1.82, 2.24) is 15.1 Å². The van der Waals surface area contributed by atoms with Gasteiger partial charge in [0.1, 0.15) is 33.7 Å². The number of hydrogen-bond acceptors (Lipinski definition) is 8. The van der Waals surface area contributed by atoms with Gasteiger partial charge in [0.25, 0.3) is 0 Å². The van der Waals surface area contributed by atoms with Crippen LogP contribution in [0, 0.1) is 0 Å². The second kappa shape index (κ2) is 11.9. The molecule has 8 nitrogen and oxygen atoms in total. The summed E-state index contributed by atoms with van der Waals surface area (Å²) < 4.78 is 23.2. The van der Waals surface area contributed by atoms with Gasteiger partial charge in [0.05, 0.1) is 33.8 Å². The first-order valence-corrected chi connectivity index (χ1v) is 14.7. The number of ether oxygens (including phenoxy) is 4. The lowest BCUT2D eigenvalue weighted by Gasteiger charge is -2.35. The van der Waals surface area contributed by atoms with Gasteiger partial charge in [-0.05, 0) is 78.8 Å². The molecule has 1 saturated heterocycles. The Morgan fingerprint density at radius 3 is 2.25 bits per heavy atom. The molecule has 1 aliphatic heterocycles. The average molecular weight is 629 g/mol. The van der Waals surface area contributed by atoms with Crippen molar-refractivity contribution in [3.63, 3.8) is 0 Å². The van der Waals surface area contributed by atoms with Gasteiger partial charge in [0.15, 0.2) is 5.75 Å². The summed E-state index contributed by atoms with van der Waals surface area (Å²) in [5, 5.41) is 11.1. The highest BCUT2D eigenvalue weighted by Gasteiger charge is 2.46. The van der Waals surface area contributed by atoms with E-state index in [0.717, 1.165) is 5.56 Å². The van der Waals surface area contributed by atoms with Crippen LogP contribution in [0.25, 0.3) is 21.1 Å². The lowest BCUT2D eigenvalue weighted by atomic mass is 10.2. The molecule has 2 aromatic carbocycles. The van der Waals surface area contributed by atoms with Crippen LogP contribution in [0.4, 0.5) is 4.79 Å². The van der Waals surface area contributed by atoms with Crippen molar-refractivity contribution in [2.45, 2.75) is 71.9 Å². The van der Waals surface area contributed by atoms with E-state index in [1.807, 2.05) is 60.6 Å². The third-order valence-corrected chi connectivity index (χ3v) is 7.67. The number of carbonyl (C=O) groups is 1. The van der Waals surface area contributed by atoms with Gasteiger partial charge >= 0.3 is 6.09 Å². The first kappa shape index (κ1) is 30.7. The van der Waals surface area contributed by atoms with Crippen molar-refractivity contribution in [3.8, 4) is 32.6 Å². The second-order valence-electron chi connectivity index (χ2n) is 11.1. The monoisotopic (exact) mass is 627 g/mol. The van der Waals surface area contributed by atoms with Gasteiger partial charge in [-0.1, -0.05) is 46.1 Å². The zero-order valence-electron chi connectivity index (χ0n) is 23.4. The van der Waals surface area contributed by atoms with Crippen molar-refractivity contribution in [3.05, 3.63) is 45.4 Å². The molecule has 4 rings (SSSR count). The van der Waals surface area contributed by atoms with E-state index >= 15 is 0 Å². The summed E-state index contributed by atoms with van der Waals surface area (Å²) in [6.07, 6.45) is -0.466. The average Bonchev–Trinajstić information content (AvgIpc) is 3.43. The summed E-state index contributed by atoms with van der Waals surface area (Å²) in [6, 6.07) is 8.56. The molecule has 0 radical (unpaired) electrons. The minimum atomic E-state index is -0.852. The number of amides is 1. The molecule has 216 valence electrons. The van der Waals surface area contributed by atoms with Crippen LogP contribution in [0.2, 0.25) is 15.1 Å². The highest BCUT2D eigenvalue weighted by atomic mass is 35.5. The molecule has 1 aliphatic rings. The predicted molar refractivity (Wildman–Crippen MR) is 159 cm³/mol. The summed E-state index contributed by atoms with van der Waals surface area (Å²) in [5.41, 5.74) is 0.0115. The van der Waals surface area contributed by atoms with E-state index in [2.05, 4.69) is 10.2 Å². The molecule has 12 heteroatoms. The van der Waals surface area contributed by atoms with E-state index in [1.165, 1.54) is 11.3 Å². The molecular formula is C28H32Cl3N3O5S. The Kier molecular flexibility index (Phi) is 9.12. The topological polar surface area (TPSA) is 83.0 Å². The van der Waals surface area contributed by atoms with E-state index in [-0.39, 0.29) is 19.3 Å². The molecule has 2 heterocycles. The van der Waals surface area contributed by atoms with Crippen LogP contribution in [0.1, 0.15) is 48.5 Å². The van der Waals surface area contributed by atoms with Crippen LogP contribution >= 0.6 is 46.1 Å². The Morgan fingerprint density at radius 2 is 1.68 bits per heavy atom. The summed E-state index contributed by atoms with van der Waals surface area (Å²) >= 11 is 21.0. The number of carbonyl (C=O) groups excluding carboxylic acids is 1. The number of hydrogen-bond donors (Lipinski definition) is 0. The molecule has 0 bridgehead atoms. The van der Waals surface area contributed by atoms with Gasteiger partial charge in [-0.2, -0.15) is 0 Å². The van der Waals surface area contributed by atoms with Crippen LogP contribution in [-0.2, 0) is 9.47 Å². The standard InChI is InChI=1S/C28H32Cl3N3O5S/c1-15(2)38-22-9-8-16(10-19(22)29)24-32-33-25(40-24)17-11-20(30)23(21(31)12-17)36-13-18-14-37-28(6,7)34(18)26(35)39-27(3,4)5/h8-12,15,18H,13-14H2,1-7H3. The van der Waals surface area contributed by atoms with Crippen LogP contribution in [0.5, 0.6) is 11.5 Å². The molecule has 3 aromatic rings. The lowest BCUT2D eigenvalue weighted by Crippen LogP contribution is -2.51. The van der Waals surface area contributed by atoms with Crippen molar-refractivity contribution < 1.29 is 23.7 Å². The first-order chi connectivity index (χ1) is 18.6. The highest BCUT2D eigenvalue weighted by molar-refractivity contribution is 7.17.